The van der Waals surface area contributed by atoms with Crippen molar-refractivity contribution in [2.24, 2.45) is 0 Å². The van der Waals surface area contributed by atoms with Crippen molar-refractivity contribution in [3.63, 3.8) is 0 Å². The van der Waals surface area contributed by atoms with Crippen LogP contribution < -0.4 is 22.0 Å². The number of ether oxygens (including phenoxy) is 1. The van der Waals surface area contributed by atoms with Crippen molar-refractivity contribution in [2.75, 3.05) is 39.7 Å². The van der Waals surface area contributed by atoms with Crippen molar-refractivity contribution in [2.45, 2.75) is 13.1 Å². The summed E-state index contributed by atoms with van der Waals surface area (Å²) in [5.41, 5.74) is 2.13. The molecule has 0 unspecified atom stereocenters. The number of likely N-dealkylation sites (N-methyl/N-ethyl adjacent to an activating group) is 1. The van der Waals surface area contributed by atoms with E-state index in [1.165, 1.54) is 36.1 Å². The molecule has 0 spiro atoms. The topological polar surface area (TPSA) is 133 Å². The van der Waals surface area contributed by atoms with Crippen LogP contribution in [0.1, 0.15) is 11.1 Å². The lowest BCUT2D eigenvalue weighted by molar-refractivity contribution is 0.114. The Morgan fingerprint density at radius 1 is 1.02 bits per heavy atom. The van der Waals surface area contributed by atoms with Gasteiger partial charge in [0, 0.05) is 42.5 Å². The highest BCUT2D eigenvalue weighted by molar-refractivity contribution is 7.22. The van der Waals surface area contributed by atoms with Gasteiger partial charge in [-0.1, -0.05) is 18.2 Å². The average molecular weight is 638 g/mol. The molecule has 2 aromatic carbocycles. The number of hydrogen-bond donors (Lipinski definition) is 2. The van der Waals surface area contributed by atoms with E-state index < -0.39 is 35.5 Å². The van der Waals surface area contributed by atoms with E-state index in [-0.39, 0.29) is 28.1 Å². The summed E-state index contributed by atoms with van der Waals surface area (Å²) < 4.78 is 37.1. The number of fused-ring (bicyclic) bond motifs is 1. The van der Waals surface area contributed by atoms with E-state index in [0.29, 0.717) is 34.8 Å². The molecule has 2 N–H and O–H groups in total. The first-order chi connectivity index (χ1) is 21.7. The molecule has 45 heavy (non-hydrogen) atoms. The molecule has 0 saturated heterocycles. The van der Waals surface area contributed by atoms with Gasteiger partial charge >= 0.3 is 11.7 Å². The fourth-order valence-corrected chi connectivity index (χ4v) is 6.10. The van der Waals surface area contributed by atoms with Crippen LogP contribution in [0.5, 0.6) is 0 Å². The second-order valence-electron chi connectivity index (χ2n) is 9.95. The van der Waals surface area contributed by atoms with Gasteiger partial charge in [-0.2, -0.15) is 5.10 Å². The maximum atomic E-state index is 14.9. The van der Waals surface area contributed by atoms with Gasteiger partial charge in [0.1, 0.15) is 16.5 Å². The Bertz CT molecular complexity index is 1930. The molecule has 5 rings (SSSR count). The van der Waals surface area contributed by atoms with Gasteiger partial charge in [-0.15, -0.1) is 16.4 Å². The molecule has 0 atom stereocenters. The lowest BCUT2D eigenvalue weighted by Gasteiger charge is -2.17. The zero-order chi connectivity index (χ0) is 32.1. The predicted molar refractivity (Wildman–Crippen MR) is 166 cm³/mol. The largest absolute Gasteiger partial charge is 0.383 e. The van der Waals surface area contributed by atoms with Crippen LogP contribution in [0.4, 0.5) is 19.3 Å². The fraction of sp³-hybridized carbons (Fsp3) is 0.233. The molecule has 3 aromatic heterocycles. The Kier molecular flexibility index (Phi) is 9.73. The number of benzene rings is 2. The minimum absolute atomic E-state index is 0.0339. The zero-order valence-electron chi connectivity index (χ0n) is 24.5. The van der Waals surface area contributed by atoms with Crippen molar-refractivity contribution in [3.05, 3.63) is 104 Å². The van der Waals surface area contributed by atoms with Crippen LogP contribution in [-0.2, 0) is 22.7 Å². The monoisotopic (exact) mass is 637 g/mol. The fourth-order valence-electron chi connectivity index (χ4n) is 4.80. The normalized spacial score (nSPS) is 11.3. The van der Waals surface area contributed by atoms with Gasteiger partial charge in [0.15, 0.2) is 5.82 Å². The van der Waals surface area contributed by atoms with Crippen LogP contribution in [0.25, 0.3) is 26.5 Å². The Hall–Kier alpha value is -4.83. The summed E-state index contributed by atoms with van der Waals surface area (Å²) in [6, 6.07) is 12.7. The van der Waals surface area contributed by atoms with E-state index in [0.717, 1.165) is 28.0 Å². The van der Waals surface area contributed by atoms with Crippen LogP contribution in [-0.4, -0.2) is 64.7 Å². The number of carbonyl (C=O) groups is 1. The molecule has 0 aliphatic carbocycles. The SMILES string of the molecule is COCCN(C)Cc1c(-c2ccc(NC(=O)NOC)cc2)sc2c1c(=O)n(-c1cccnn1)c(=O)n2Cc1c(F)cccc1F. The van der Waals surface area contributed by atoms with Crippen LogP contribution in [0, 0.1) is 11.6 Å². The number of methoxy groups -OCH3 is 1. The molecular weight excluding hydrogens is 608 g/mol. The Balaban J connectivity index is 1.78. The lowest BCUT2D eigenvalue weighted by atomic mass is 10.1. The highest BCUT2D eigenvalue weighted by Gasteiger charge is 2.26. The number of anilines is 1. The van der Waals surface area contributed by atoms with Crippen LogP contribution in [0.3, 0.4) is 0 Å². The molecule has 0 saturated carbocycles. The summed E-state index contributed by atoms with van der Waals surface area (Å²) in [5, 5.41) is 10.6. The van der Waals surface area contributed by atoms with Crippen LogP contribution in [0.2, 0.25) is 0 Å². The maximum absolute atomic E-state index is 14.9. The summed E-state index contributed by atoms with van der Waals surface area (Å²) in [5.74, 6) is -1.69. The van der Waals surface area contributed by atoms with Crippen LogP contribution >= 0.6 is 11.3 Å². The van der Waals surface area contributed by atoms with Crippen LogP contribution in [0.15, 0.2) is 70.4 Å². The van der Waals surface area contributed by atoms with Gasteiger partial charge in [-0.3, -0.25) is 19.1 Å². The summed E-state index contributed by atoms with van der Waals surface area (Å²) in [6.07, 6.45) is 1.40. The number of aromatic nitrogens is 4. The minimum atomic E-state index is -0.829. The third-order valence-corrected chi connectivity index (χ3v) is 8.25. The predicted octanol–water partition coefficient (Wildman–Crippen LogP) is 3.76. The average Bonchev–Trinajstić information content (AvgIpc) is 3.39. The van der Waals surface area contributed by atoms with Gasteiger partial charge in [-0.25, -0.2) is 28.4 Å². The second kappa shape index (κ2) is 13.9. The number of carbonyl (C=O) groups excluding carboxylic acids is 1. The smallest absolute Gasteiger partial charge is 0.343 e. The van der Waals surface area contributed by atoms with Gasteiger partial charge in [0.05, 0.1) is 25.6 Å². The Labute approximate surface area is 259 Å². The summed E-state index contributed by atoms with van der Waals surface area (Å²) in [4.78, 5) is 47.6. The van der Waals surface area contributed by atoms with E-state index in [2.05, 4.69) is 25.8 Å². The molecule has 15 heteroatoms. The third-order valence-electron chi connectivity index (χ3n) is 6.94. The first-order valence-electron chi connectivity index (χ1n) is 13.6. The van der Waals surface area contributed by atoms with Gasteiger partial charge in [-0.05, 0) is 54.6 Å². The number of urea groups is 1. The molecule has 0 aliphatic rings. The molecule has 0 radical (unpaired) electrons. The van der Waals surface area contributed by atoms with Gasteiger partial charge in [0.2, 0.25) is 0 Å². The molecular formula is C30H29F2N7O5S. The first-order valence-corrected chi connectivity index (χ1v) is 14.4. The number of hydroxylamine groups is 1. The number of rotatable bonds is 11. The lowest BCUT2D eigenvalue weighted by Crippen LogP contribution is -2.40. The number of nitrogens with zero attached hydrogens (tertiary/aromatic N) is 5. The van der Waals surface area contributed by atoms with Crippen molar-refractivity contribution in [3.8, 4) is 16.3 Å². The van der Waals surface area contributed by atoms with E-state index in [1.54, 1.807) is 31.4 Å². The number of halogens is 2. The molecule has 12 nitrogen and oxygen atoms in total. The molecule has 0 bridgehead atoms. The van der Waals surface area contributed by atoms with E-state index in [4.69, 9.17) is 4.74 Å². The van der Waals surface area contributed by atoms with Crippen molar-refractivity contribution in [1.82, 2.24) is 29.7 Å². The van der Waals surface area contributed by atoms with E-state index in [9.17, 15) is 23.2 Å². The maximum Gasteiger partial charge on any atom is 0.343 e. The third kappa shape index (κ3) is 6.66. The summed E-state index contributed by atoms with van der Waals surface area (Å²) in [6.45, 7) is 0.754. The molecule has 234 valence electrons. The van der Waals surface area contributed by atoms with Crippen molar-refractivity contribution in [1.29, 1.82) is 0 Å². The zero-order valence-corrected chi connectivity index (χ0v) is 25.4. The van der Waals surface area contributed by atoms with E-state index >= 15 is 0 Å². The van der Waals surface area contributed by atoms with Gasteiger partial charge < -0.3 is 10.1 Å². The molecule has 0 fully saturated rings. The highest BCUT2D eigenvalue weighted by atomic mass is 32.1. The summed E-state index contributed by atoms with van der Waals surface area (Å²) >= 11 is 1.15. The molecule has 0 aliphatic heterocycles. The minimum Gasteiger partial charge on any atom is -0.383 e. The molecule has 2 amide bonds. The first kappa shape index (κ1) is 31.6. The quantitative estimate of drug-likeness (QED) is 0.209. The number of hydrogen-bond acceptors (Lipinski definition) is 9. The number of amides is 2. The summed E-state index contributed by atoms with van der Waals surface area (Å²) in [7, 11) is 4.76. The van der Waals surface area contributed by atoms with Gasteiger partial charge in [0.25, 0.3) is 5.56 Å². The van der Waals surface area contributed by atoms with Crippen molar-refractivity contribution >= 4 is 33.3 Å². The highest BCUT2D eigenvalue weighted by Crippen LogP contribution is 2.38. The Morgan fingerprint density at radius 2 is 1.76 bits per heavy atom. The van der Waals surface area contributed by atoms with E-state index in [1.807, 2.05) is 11.9 Å². The van der Waals surface area contributed by atoms with Crippen molar-refractivity contribution < 1.29 is 23.1 Å². The number of nitrogens with one attached hydrogen (secondary N) is 2. The second-order valence-corrected chi connectivity index (χ2v) is 10.9. The Morgan fingerprint density at radius 3 is 2.40 bits per heavy atom. The number of thiophene rings is 1. The standard InChI is InChI=1S/C30H29F2N7O5S/c1-37(14-15-43-2)16-21-25-27(40)39(24-8-5-13-33-35-24)30(42)38(17-20-22(31)6-4-7-23(20)32)28(25)45-26(21)18-9-11-19(12-10-18)34-29(41)36-44-3/h4-13H,14-17H2,1-3H3,(H2,34,36,41). The molecule has 3 heterocycles. The molecule has 5 aromatic rings.